The molecule has 0 aromatic carbocycles. The van der Waals surface area contributed by atoms with Gasteiger partial charge in [0, 0.05) is 31.4 Å². The van der Waals surface area contributed by atoms with Gasteiger partial charge in [0.15, 0.2) is 0 Å². The topological polar surface area (TPSA) is 67.3 Å². The van der Waals surface area contributed by atoms with Crippen LogP contribution in [0.5, 0.6) is 0 Å². The predicted molar refractivity (Wildman–Crippen MR) is 73.2 cm³/mol. The Bertz CT molecular complexity index is 337. The first kappa shape index (κ1) is 15.1. The minimum absolute atomic E-state index is 0.0117. The van der Waals surface area contributed by atoms with Crippen LogP contribution in [0.4, 0.5) is 0 Å². The van der Waals surface area contributed by atoms with Gasteiger partial charge in [0.25, 0.3) is 0 Å². The highest BCUT2D eigenvalue weighted by atomic mass is 16.3. The van der Waals surface area contributed by atoms with E-state index in [1.807, 2.05) is 26.4 Å². The van der Waals surface area contributed by atoms with Gasteiger partial charge in [-0.25, -0.2) is 0 Å². The molecule has 2 atom stereocenters. The van der Waals surface area contributed by atoms with Crippen molar-refractivity contribution in [2.24, 2.45) is 12.8 Å². The molecule has 0 amide bonds. The van der Waals surface area contributed by atoms with E-state index in [0.29, 0.717) is 6.54 Å². The third-order valence-corrected chi connectivity index (χ3v) is 3.14. The number of aromatic nitrogens is 2. The number of aliphatic hydroxyl groups excluding tert-OH is 1. The summed E-state index contributed by atoms with van der Waals surface area (Å²) < 4.78 is 1.79. The first-order valence-electron chi connectivity index (χ1n) is 6.69. The van der Waals surface area contributed by atoms with Crippen LogP contribution in [0.1, 0.15) is 38.3 Å². The molecule has 1 aromatic rings. The third-order valence-electron chi connectivity index (χ3n) is 3.14. The number of rotatable bonds is 8. The van der Waals surface area contributed by atoms with Gasteiger partial charge >= 0.3 is 0 Å². The maximum absolute atomic E-state index is 9.22. The SMILES string of the molecule is CCCCN(CCO)C(c1cnn(C)c1)C(C)N. The Labute approximate surface area is 110 Å². The molecule has 3 N–H and O–H groups in total. The van der Waals surface area contributed by atoms with Crippen LogP contribution in [0.25, 0.3) is 0 Å². The zero-order chi connectivity index (χ0) is 13.5. The molecule has 1 heterocycles. The van der Waals surface area contributed by atoms with Crippen molar-refractivity contribution >= 4 is 0 Å². The summed E-state index contributed by atoms with van der Waals surface area (Å²) >= 11 is 0. The van der Waals surface area contributed by atoms with Crippen molar-refractivity contribution in [3.8, 4) is 0 Å². The number of aryl methyl sites for hydroxylation is 1. The number of nitrogens with two attached hydrogens (primary N) is 1. The Morgan fingerprint density at radius 2 is 2.22 bits per heavy atom. The van der Waals surface area contributed by atoms with Gasteiger partial charge in [0.2, 0.25) is 0 Å². The van der Waals surface area contributed by atoms with Crippen molar-refractivity contribution in [2.75, 3.05) is 19.7 Å². The smallest absolute Gasteiger partial charge is 0.0558 e. The van der Waals surface area contributed by atoms with Crippen LogP contribution in [-0.2, 0) is 7.05 Å². The first-order valence-corrected chi connectivity index (χ1v) is 6.69. The van der Waals surface area contributed by atoms with Crippen molar-refractivity contribution in [3.63, 3.8) is 0 Å². The maximum atomic E-state index is 9.22. The van der Waals surface area contributed by atoms with E-state index in [-0.39, 0.29) is 18.7 Å². The highest BCUT2D eigenvalue weighted by Crippen LogP contribution is 2.23. The summed E-state index contributed by atoms with van der Waals surface area (Å²) in [5.41, 5.74) is 7.24. The molecule has 18 heavy (non-hydrogen) atoms. The molecular weight excluding hydrogens is 228 g/mol. The second kappa shape index (κ2) is 7.51. The van der Waals surface area contributed by atoms with Gasteiger partial charge in [-0.15, -0.1) is 0 Å². The molecule has 0 fully saturated rings. The number of hydrogen-bond donors (Lipinski definition) is 2. The van der Waals surface area contributed by atoms with Gasteiger partial charge in [0.1, 0.15) is 0 Å². The van der Waals surface area contributed by atoms with Gasteiger partial charge in [-0.05, 0) is 19.9 Å². The Kier molecular flexibility index (Phi) is 6.32. The Morgan fingerprint density at radius 1 is 1.50 bits per heavy atom. The first-order chi connectivity index (χ1) is 8.60. The van der Waals surface area contributed by atoms with Crippen molar-refractivity contribution in [3.05, 3.63) is 18.0 Å². The highest BCUT2D eigenvalue weighted by molar-refractivity contribution is 5.13. The predicted octanol–water partition coefficient (Wildman–Crippen LogP) is 0.903. The molecular formula is C13H26N4O. The quantitative estimate of drug-likeness (QED) is 0.723. The number of unbranched alkanes of at least 4 members (excludes halogenated alkanes) is 1. The van der Waals surface area contributed by atoms with Crippen molar-refractivity contribution in [1.82, 2.24) is 14.7 Å². The molecule has 0 aliphatic heterocycles. The zero-order valence-electron chi connectivity index (χ0n) is 11.7. The molecule has 0 aliphatic carbocycles. The lowest BCUT2D eigenvalue weighted by molar-refractivity contribution is 0.135. The van der Waals surface area contributed by atoms with Gasteiger partial charge in [-0.1, -0.05) is 13.3 Å². The van der Waals surface area contributed by atoms with E-state index in [0.717, 1.165) is 24.9 Å². The normalized spacial score (nSPS) is 15.0. The molecule has 0 bridgehead atoms. The number of hydrogen-bond acceptors (Lipinski definition) is 4. The standard InChI is InChI=1S/C13H26N4O/c1-4-5-6-17(7-8-18)13(11(2)14)12-9-15-16(3)10-12/h9-11,13,18H,4-8,14H2,1-3H3. The Balaban J connectivity index is 2.85. The molecule has 0 saturated carbocycles. The molecule has 1 aromatic heterocycles. The van der Waals surface area contributed by atoms with Gasteiger partial charge in [-0.3, -0.25) is 9.58 Å². The lowest BCUT2D eigenvalue weighted by Gasteiger charge is -2.33. The molecule has 0 radical (unpaired) electrons. The summed E-state index contributed by atoms with van der Waals surface area (Å²) in [5.74, 6) is 0. The van der Waals surface area contributed by atoms with Crippen LogP contribution < -0.4 is 5.73 Å². The minimum Gasteiger partial charge on any atom is -0.395 e. The van der Waals surface area contributed by atoms with E-state index in [1.165, 1.54) is 0 Å². The maximum Gasteiger partial charge on any atom is 0.0558 e. The van der Waals surface area contributed by atoms with Crippen LogP contribution in [-0.4, -0.2) is 45.5 Å². The van der Waals surface area contributed by atoms with E-state index in [9.17, 15) is 5.11 Å². The van der Waals surface area contributed by atoms with Gasteiger partial charge < -0.3 is 10.8 Å². The van der Waals surface area contributed by atoms with Crippen LogP contribution >= 0.6 is 0 Å². The van der Waals surface area contributed by atoms with E-state index < -0.39 is 0 Å². The lowest BCUT2D eigenvalue weighted by Crippen LogP contribution is -2.41. The average Bonchev–Trinajstić information content (AvgIpc) is 2.72. The molecule has 0 spiro atoms. The fraction of sp³-hybridized carbons (Fsp3) is 0.769. The summed E-state index contributed by atoms with van der Waals surface area (Å²) in [6.07, 6.45) is 6.12. The molecule has 5 nitrogen and oxygen atoms in total. The zero-order valence-corrected chi connectivity index (χ0v) is 11.7. The van der Waals surface area contributed by atoms with Crippen LogP contribution in [0.2, 0.25) is 0 Å². The van der Waals surface area contributed by atoms with Crippen LogP contribution in [0, 0.1) is 0 Å². The molecule has 104 valence electrons. The average molecular weight is 254 g/mol. The second-order valence-electron chi connectivity index (χ2n) is 4.86. The molecule has 2 unspecified atom stereocenters. The summed E-state index contributed by atoms with van der Waals surface area (Å²) in [6.45, 7) is 5.95. The van der Waals surface area contributed by atoms with Crippen molar-refractivity contribution in [2.45, 2.75) is 38.8 Å². The fourth-order valence-corrected chi connectivity index (χ4v) is 2.32. The van der Waals surface area contributed by atoms with Crippen molar-refractivity contribution < 1.29 is 5.11 Å². The molecule has 0 saturated heterocycles. The summed E-state index contributed by atoms with van der Waals surface area (Å²) in [6, 6.07) is 0.134. The second-order valence-corrected chi connectivity index (χ2v) is 4.86. The van der Waals surface area contributed by atoms with E-state index in [2.05, 4.69) is 16.9 Å². The third kappa shape index (κ3) is 4.08. The Hall–Kier alpha value is -0.910. The van der Waals surface area contributed by atoms with Gasteiger partial charge in [-0.2, -0.15) is 5.10 Å². The monoisotopic (exact) mass is 254 g/mol. The largest absolute Gasteiger partial charge is 0.395 e. The minimum atomic E-state index is 0.0117. The number of nitrogens with zero attached hydrogens (tertiary/aromatic N) is 3. The molecule has 1 rings (SSSR count). The highest BCUT2D eigenvalue weighted by Gasteiger charge is 2.24. The summed E-state index contributed by atoms with van der Waals surface area (Å²) in [4.78, 5) is 2.26. The van der Waals surface area contributed by atoms with E-state index >= 15 is 0 Å². The molecule has 5 heteroatoms. The van der Waals surface area contributed by atoms with Crippen LogP contribution in [0.3, 0.4) is 0 Å². The Morgan fingerprint density at radius 3 is 2.67 bits per heavy atom. The van der Waals surface area contributed by atoms with Crippen molar-refractivity contribution in [1.29, 1.82) is 0 Å². The summed E-state index contributed by atoms with van der Waals surface area (Å²) in [5, 5.41) is 13.4. The number of aliphatic hydroxyl groups is 1. The summed E-state index contributed by atoms with van der Waals surface area (Å²) in [7, 11) is 1.91. The van der Waals surface area contributed by atoms with Crippen LogP contribution in [0.15, 0.2) is 12.4 Å². The molecule has 0 aliphatic rings. The van der Waals surface area contributed by atoms with E-state index in [1.54, 1.807) is 4.68 Å². The fourth-order valence-electron chi connectivity index (χ4n) is 2.32. The van der Waals surface area contributed by atoms with Gasteiger partial charge in [0.05, 0.1) is 18.8 Å². The lowest BCUT2D eigenvalue weighted by atomic mass is 10.0. The van der Waals surface area contributed by atoms with E-state index in [4.69, 9.17) is 5.73 Å².